The first-order valence-electron chi connectivity index (χ1n) is 10.2. The van der Waals surface area contributed by atoms with Gasteiger partial charge in [0.15, 0.2) is 0 Å². The van der Waals surface area contributed by atoms with Gasteiger partial charge in [-0.05, 0) is 72.0 Å². The number of hydrogen-bond donors (Lipinski definition) is 1. The minimum Gasteiger partial charge on any atom is -0.467 e. The van der Waals surface area contributed by atoms with Crippen molar-refractivity contribution in [2.24, 2.45) is 0 Å². The zero-order valence-corrected chi connectivity index (χ0v) is 19.5. The van der Waals surface area contributed by atoms with Crippen LogP contribution in [-0.2, 0) is 30.0 Å². The van der Waals surface area contributed by atoms with E-state index in [9.17, 15) is 9.59 Å². The molecule has 1 aliphatic heterocycles. The second kappa shape index (κ2) is 8.59. The highest BCUT2D eigenvalue weighted by atomic mass is 16.7. The summed E-state index contributed by atoms with van der Waals surface area (Å²) in [5, 5.41) is 2.62. The van der Waals surface area contributed by atoms with Gasteiger partial charge in [-0.3, -0.25) is 0 Å². The smallest absolute Gasteiger partial charge is 0.467 e. The van der Waals surface area contributed by atoms with Gasteiger partial charge in [-0.25, -0.2) is 9.59 Å². The van der Waals surface area contributed by atoms with Crippen molar-refractivity contribution >= 4 is 24.6 Å². The van der Waals surface area contributed by atoms with Crippen LogP contribution in [0.3, 0.4) is 0 Å². The Morgan fingerprint density at radius 1 is 1.13 bits per heavy atom. The fraction of sp³-hybridized carbons (Fsp3) is 0.636. The van der Waals surface area contributed by atoms with Crippen molar-refractivity contribution in [1.82, 2.24) is 5.32 Å². The van der Waals surface area contributed by atoms with E-state index in [1.807, 2.05) is 52.8 Å². The molecule has 1 N–H and O–H groups in total. The van der Waals surface area contributed by atoms with E-state index in [4.69, 9.17) is 18.8 Å². The van der Waals surface area contributed by atoms with Gasteiger partial charge in [-0.1, -0.05) is 18.2 Å². The van der Waals surface area contributed by atoms with Gasteiger partial charge in [0.05, 0.1) is 18.3 Å². The van der Waals surface area contributed by atoms with E-state index in [1.165, 1.54) is 7.11 Å². The highest BCUT2D eigenvalue weighted by molar-refractivity contribution is 6.62. The summed E-state index contributed by atoms with van der Waals surface area (Å²) in [6, 6.07) is 4.88. The summed E-state index contributed by atoms with van der Waals surface area (Å²) in [5.74, 6) is -0.540. The average molecular weight is 419 g/mol. The van der Waals surface area contributed by atoms with Crippen LogP contribution >= 0.6 is 0 Å². The monoisotopic (exact) mass is 419 g/mol. The molecule has 0 unspecified atom stereocenters. The number of benzene rings is 1. The molecule has 1 heterocycles. The first-order chi connectivity index (χ1) is 13.7. The number of esters is 1. The molecule has 1 atom stereocenters. The van der Waals surface area contributed by atoms with Crippen LogP contribution in [0.4, 0.5) is 4.79 Å². The first kappa shape index (κ1) is 24.2. The summed E-state index contributed by atoms with van der Waals surface area (Å²) < 4.78 is 22.5. The molecule has 2 rings (SSSR count). The van der Waals surface area contributed by atoms with Gasteiger partial charge < -0.3 is 24.1 Å². The van der Waals surface area contributed by atoms with Crippen LogP contribution in [0.1, 0.15) is 59.6 Å². The van der Waals surface area contributed by atoms with Gasteiger partial charge in [-0.2, -0.15) is 0 Å². The van der Waals surface area contributed by atoms with Gasteiger partial charge in [0, 0.05) is 6.42 Å². The predicted molar refractivity (Wildman–Crippen MR) is 116 cm³/mol. The zero-order chi connectivity index (χ0) is 22.9. The minimum atomic E-state index is -0.878. The lowest BCUT2D eigenvalue weighted by atomic mass is 9.74. The maximum atomic E-state index is 12.3. The molecule has 7 nitrogen and oxygen atoms in total. The van der Waals surface area contributed by atoms with Crippen LogP contribution in [-0.4, -0.2) is 49.1 Å². The summed E-state index contributed by atoms with van der Waals surface area (Å²) in [5.41, 5.74) is 1.15. The van der Waals surface area contributed by atoms with E-state index in [0.29, 0.717) is 0 Å². The van der Waals surface area contributed by atoms with Gasteiger partial charge >= 0.3 is 19.2 Å². The maximum absolute atomic E-state index is 12.3. The molecule has 0 spiro atoms. The fourth-order valence-corrected chi connectivity index (χ4v) is 3.16. The summed E-state index contributed by atoms with van der Waals surface area (Å²) in [4.78, 5) is 24.5. The van der Waals surface area contributed by atoms with Gasteiger partial charge in [0.2, 0.25) is 0 Å². The average Bonchev–Trinajstić information content (AvgIpc) is 2.81. The largest absolute Gasteiger partial charge is 0.495 e. The molecule has 1 fully saturated rings. The van der Waals surface area contributed by atoms with Gasteiger partial charge in [-0.15, -0.1) is 0 Å². The number of ether oxygens (including phenoxy) is 2. The van der Waals surface area contributed by atoms with E-state index < -0.39 is 42.0 Å². The lowest BCUT2D eigenvalue weighted by Crippen LogP contribution is -2.45. The standard InChI is InChI=1S/C22H34BNO6/c1-14-15(13-17(18(25)27-9)24-19(26)28-20(2,3)4)11-10-12-16(14)23-29-21(5,6)22(7,8)30-23/h10-12,17H,13H2,1-9H3,(H,24,26)/t17-/m0/s1. The Balaban J connectivity index is 2.25. The highest BCUT2D eigenvalue weighted by Gasteiger charge is 2.52. The molecule has 0 saturated carbocycles. The van der Waals surface area contributed by atoms with Crippen molar-refractivity contribution in [3.63, 3.8) is 0 Å². The van der Waals surface area contributed by atoms with Crippen molar-refractivity contribution in [1.29, 1.82) is 0 Å². The minimum absolute atomic E-state index is 0.255. The summed E-state index contributed by atoms with van der Waals surface area (Å²) in [6.07, 6.45) is -0.414. The molecule has 8 heteroatoms. The first-order valence-corrected chi connectivity index (χ1v) is 10.2. The third kappa shape index (κ3) is 5.55. The molecule has 0 aromatic heterocycles. The summed E-state index contributed by atoms with van der Waals surface area (Å²) in [6.45, 7) is 15.3. The van der Waals surface area contributed by atoms with Crippen molar-refractivity contribution in [2.75, 3.05) is 7.11 Å². The lowest BCUT2D eigenvalue weighted by molar-refractivity contribution is -0.143. The van der Waals surface area contributed by atoms with Gasteiger partial charge in [0.1, 0.15) is 11.6 Å². The third-order valence-electron chi connectivity index (χ3n) is 5.60. The lowest BCUT2D eigenvalue weighted by Gasteiger charge is -2.32. The van der Waals surface area contributed by atoms with Crippen molar-refractivity contribution < 1.29 is 28.4 Å². The van der Waals surface area contributed by atoms with Crippen molar-refractivity contribution in [2.45, 2.75) is 84.7 Å². The molecule has 0 radical (unpaired) electrons. The number of hydrogen-bond acceptors (Lipinski definition) is 6. The number of carbonyl (C=O) groups excluding carboxylic acids is 2. The van der Waals surface area contributed by atoms with E-state index in [2.05, 4.69) is 5.32 Å². The maximum Gasteiger partial charge on any atom is 0.495 e. The SMILES string of the molecule is COC(=O)[C@H](Cc1cccc(B2OC(C)(C)C(C)(C)O2)c1C)NC(=O)OC(C)(C)C. The second-order valence-corrected chi connectivity index (χ2v) is 9.65. The molecule has 0 aliphatic carbocycles. The number of methoxy groups -OCH3 is 1. The normalized spacial score (nSPS) is 18.6. The number of nitrogens with one attached hydrogen (secondary N) is 1. The Hall–Kier alpha value is -2.06. The Bertz CT molecular complexity index is 783. The molecule has 1 aliphatic rings. The second-order valence-electron chi connectivity index (χ2n) is 9.65. The molecular weight excluding hydrogens is 385 g/mol. The van der Waals surface area contributed by atoms with Crippen molar-refractivity contribution in [3.8, 4) is 0 Å². The number of rotatable bonds is 5. The summed E-state index contributed by atoms with van der Waals surface area (Å²) in [7, 11) is 0.782. The zero-order valence-electron chi connectivity index (χ0n) is 19.5. The van der Waals surface area contributed by atoms with Crippen molar-refractivity contribution in [3.05, 3.63) is 29.3 Å². The van der Waals surface area contributed by atoms with Crippen LogP contribution in [0.2, 0.25) is 0 Å². The molecule has 1 aromatic carbocycles. The van der Waals surface area contributed by atoms with Crippen LogP contribution in [0.5, 0.6) is 0 Å². The van der Waals surface area contributed by atoms with E-state index >= 15 is 0 Å². The predicted octanol–water partition coefficient (Wildman–Crippen LogP) is 2.90. The van der Waals surface area contributed by atoms with Crippen LogP contribution < -0.4 is 10.8 Å². The number of alkyl carbamates (subject to hydrolysis) is 1. The number of carbonyl (C=O) groups is 2. The summed E-state index contributed by atoms with van der Waals surface area (Å²) >= 11 is 0. The molecule has 0 bridgehead atoms. The Labute approximate surface area is 179 Å². The van der Waals surface area contributed by atoms with E-state index in [0.717, 1.165) is 16.6 Å². The Morgan fingerprint density at radius 3 is 2.20 bits per heavy atom. The van der Waals surface area contributed by atoms with E-state index in [-0.39, 0.29) is 6.42 Å². The van der Waals surface area contributed by atoms with Crippen LogP contribution in [0.25, 0.3) is 0 Å². The Morgan fingerprint density at radius 2 is 1.70 bits per heavy atom. The third-order valence-corrected chi connectivity index (χ3v) is 5.60. The van der Waals surface area contributed by atoms with Crippen LogP contribution in [0, 0.1) is 6.92 Å². The van der Waals surface area contributed by atoms with Gasteiger partial charge in [0.25, 0.3) is 0 Å². The highest BCUT2D eigenvalue weighted by Crippen LogP contribution is 2.36. The molecule has 1 aromatic rings. The molecule has 30 heavy (non-hydrogen) atoms. The molecule has 1 amide bonds. The quantitative estimate of drug-likeness (QED) is 0.584. The number of amides is 1. The van der Waals surface area contributed by atoms with E-state index in [1.54, 1.807) is 20.8 Å². The molecule has 166 valence electrons. The fourth-order valence-electron chi connectivity index (χ4n) is 3.16. The molecular formula is C22H34BNO6. The molecule has 1 saturated heterocycles. The Kier molecular flexibility index (Phi) is 6.94. The topological polar surface area (TPSA) is 83.1 Å². The van der Waals surface area contributed by atoms with Crippen LogP contribution in [0.15, 0.2) is 18.2 Å².